The first-order chi connectivity index (χ1) is 15.9. The minimum absolute atomic E-state index is 0.219. The molecule has 2 aromatic rings. The first-order valence-electron chi connectivity index (χ1n) is 11.3. The maximum absolute atomic E-state index is 12.4. The second kappa shape index (κ2) is 12.1. The fourth-order valence-electron chi connectivity index (χ4n) is 2.95. The number of alkyl carbamates (subject to hydrolysis) is 1. The number of benzene rings is 2. The van der Waals surface area contributed by atoms with Crippen LogP contribution in [0.5, 0.6) is 5.75 Å². The Kier molecular flexibility index (Phi) is 9.47. The summed E-state index contributed by atoms with van der Waals surface area (Å²) in [4.78, 5) is 36.2. The first kappa shape index (κ1) is 26.7. The second-order valence-electron chi connectivity index (χ2n) is 9.31. The maximum Gasteiger partial charge on any atom is 0.408 e. The molecule has 0 saturated heterocycles. The predicted octanol–water partition coefficient (Wildman–Crippen LogP) is 4.36. The summed E-state index contributed by atoms with van der Waals surface area (Å²) in [5.74, 6) is 0.426. The van der Waals surface area contributed by atoms with Crippen LogP contribution in [0.25, 0.3) is 0 Å². The zero-order valence-electron chi connectivity index (χ0n) is 20.7. The van der Waals surface area contributed by atoms with Crippen LogP contribution in [0.1, 0.15) is 58.6 Å². The van der Waals surface area contributed by atoms with E-state index >= 15 is 0 Å². The topological polar surface area (TPSA) is 106 Å². The van der Waals surface area contributed by atoms with Crippen LogP contribution in [0.2, 0.25) is 0 Å². The van der Waals surface area contributed by atoms with Crippen LogP contribution in [0.4, 0.5) is 10.5 Å². The summed E-state index contributed by atoms with van der Waals surface area (Å²) < 4.78 is 10.8. The third-order valence-electron chi connectivity index (χ3n) is 4.70. The highest BCUT2D eigenvalue weighted by Crippen LogP contribution is 2.19. The van der Waals surface area contributed by atoms with E-state index in [0.29, 0.717) is 17.4 Å². The Bertz CT molecular complexity index is 981. The van der Waals surface area contributed by atoms with Gasteiger partial charge >= 0.3 is 6.09 Å². The molecule has 184 valence electrons. The first-order valence-corrected chi connectivity index (χ1v) is 11.3. The molecule has 3 amide bonds. The van der Waals surface area contributed by atoms with Crippen LogP contribution in [-0.2, 0) is 20.9 Å². The van der Waals surface area contributed by atoms with Gasteiger partial charge in [-0.2, -0.15) is 0 Å². The molecule has 0 aliphatic rings. The van der Waals surface area contributed by atoms with E-state index in [1.165, 1.54) is 5.56 Å². The summed E-state index contributed by atoms with van der Waals surface area (Å²) in [6.45, 7) is 11.2. The van der Waals surface area contributed by atoms with Gasteiger partial charge in [0, 0.05) is 12.2 Å². The molecule has 0 heterocycles. The van der Waals surface area contributed by atoms with Gasteiger partial charge < -0.3 is 25.4 Å². The summed E-state index contributed by atoms with van der Waals surface area (Å²) in [6.07, 6.45) is -1.32. The molecule has 0 aromatic heterocycles. The Labute approximate surface area is 201 Å². The molecule has 34 heavy (non-hydrogen) atoms. The van der Waals surface area contributed by atoms with Gasteiger partial charge in [-0.3, -0.25) is 9.59 Å². The minimum atomic E-state index is -0.661. The number of anilines is 1. The van der Waals surface area contributed by atoms with Crippen molar-refractivity contribution in [2.45, 2.75) is 65.7 Å². The van der Waals surface area contributed by atoms with Crippen molar-refractivity contribution in [2.75, 3.05) is 11.9 Å². The molecule has 0 fully saturated rings. The molecular weight excluding hydrogens is 434 g/mol. The monoisotopic (exact) mass is 469 g/mol. The lowest BCUT2D eigenvalue weighted by Gasteiger charge is -2.19. The molecule has 2 aromatic carbocycles. The van der Waals surface area contributed by atoms with Gasteiger partial charge in [0.2, 0.25) is 5.91 Å². The van der Waals surface area contributed by atoms with Gasteiger partial charge in [0.05, 0.1) is 0 Å². The van der Waals surface area contributed by atoms with Crippen molar-refractivity contribution in [2.24, 2.45) is 0 Å². The molecule has 8 nitrogen and oxygen atoms in total. The van der Waals surface area contributed by atoms with Crippen molar-refractivity contribution in [3.05, 3.63) is 59.7 Å². The number of ether oxygens (including phenoxy) is 2. The van der Waals surface area contributed by atoms with Gasteiger partial charge in [-0.25, -0.2) is 4.79 Å². The summed E-state index contributed by atoms with van der Waals surface area (Å²) in [5.41, 5.74) is 1.93. The van der Waals surface area contributed by atoms with Crippen molar-refractivity contribution in [3.63, 3.8) is 0 Å². The number of rotatable bonds is 9. The number of hydrogen-bond donors (Lipinski definition) is 3. The van der Waals surface area contributed by atoms with Crippen molar-refractivity contribution in [1.82, 2.24) is 10.6 Å². The van der Waals surface area contributed by atoms with Gasteiger partial charge in [-0.05, 0) is 69.0 Å². The summed E-state index contributed by atoms with van der Waals surface area (Å²) in [7, 11) is 0. The van der Waals surface area contributed by atoms with Crippen molar-refractivity contribution in [1.29, 1.82) is 0 Å². The van der Waals surface area contributed by atoms with E-state index in [-0.39, 0.29) is 19.0 Å². The SMILES string of the molecule is CC(Oc1ccc(C(C)C)cc1)C(=O)NCc1cccc(NC(=O)CNC(=O)OC(C)(C)C)c1. The quantitative estimate of drug-likeness (QED) is 0.506. The molecule has 0 aliphatic carbocycles. The summed E-state index contributed by atoms with van der Waals surface area (Å²) in [6, 6.07) is 14.8. The molecule has 2 rings (SSSR count). The maximum atomic E-state index is 12.4. The van der Waals surface area contributed by atoms with Crippen molar-refractivity contribution < 1.29 is 23.9 Å². The third-order valence-corrected chi connectivity index (χ3v) is 4.70. The van der Waals surface area contributed by atoms with E-state index in [0.717, 1.165) is 5.56 Å². The Morgan fingerprint density at radius 1 is 0.941 bits per heavy atom. The Balaban J connectivity index is 1.81. The van der Waals surface area contributed by atoms with Gasteiger partial charge in [-0.1, -0.05) is 38.1 Å². The molecular formula is C26H35N3O5. The van der Waals surface area contributed by atoms with Crippen LogP contribution in [-0.4, -0.2) is 36.2 Å². The van der Waals surface area contributed by atoms with Gasteiger partial charge in [0.25, 0.3) is 5.91 Å². The predicted molar refractivity (Wildman–Crippen MR) is 132 cm³/mol. The fraction of sp³-hybridized carbons (Fsp3) is 0.423. The van der Waals surface area contributed by atoms with Crippen LogP contribution in [0.3, 0.4) is 0 Å². The zero-order chi connectivity index (χ0) is 25.3. The van der Waals surface area contributed by atoms with Crippen LogP contribution in [0.15, 0.2) is 48.5 Å². The summed E-state index contributed by atoms with van der Waals surface area (Å²) in [5, 5.41) is 7.96. The fourth-order valence-corrected chi connectivity index (χ4v) is 2.95. The highest BCUT2D eigenvalue weighted by atomic mass is 16.6. The average molecular weight is 470 g/mol. The molecule has 1 unspecified atom stereocenters. The Morgan fingerprint density at radius 2 is 1.62 bits per heavy atom. The molecule has 8 heteroatoms. The van der Waals surface area contributed by atoms with E-state index in [4.69, 9.17) is 9.47 Å². The normalized spacial score (nSPS) is 12.0. The third kappa shape index (κ3) is 9.52. The number of nitrogens with one attached hydrogen (secondary N) is 3. The van der Waals surface area contributed by atoms with Crippen LogP contribution >= 0.6 is 0 Å². The second-order valence-corrected chi connectivity index (χ2v) is 9.31. The largest absolute Gasteiger partial charge is 0.481 e. The molecule has 1 atom stereocenters. The van der Waals surface area contributed by atoms with Gasteiger partial charge in [0.1, 0.15) is 17.9 Å². The van der Waals surface area contributed by atoms with E-state index < -0.39 is 23.7 Å². The van der Waals surface area contributed by atoms with Crippen LogP contribution < -0.4 is 20.7 Å². The lowest BCUT2D eigenvalue weighted by atomic mass is 10.0. The van der Waals surface area contributed by atoms with E-state index in [9.17, 15) is 14.4 Å². The molecule has 3 N–H and O–H groups in total. The lowest BCUT2D eigenvalue weighted by molar-refractivity contribution is -0.127. The van der Waals surface area contributed by atoms with Crippen LogP contribution in [0, 0.1) is 0 Å². The molecule has 0 radical (unpaired) electrons. The molecule has 0 bridgehead atoms. The van der Waals surface area contributed by atoms with Crippen molar-refractivity contribution >= 4 is 23.6 Å². The smallest absolute Gasteiger partial charge is 0.408 e. The van der Waals surface area contributed by atoms with E-state index in [1.54, 1.807) is 45.9 Å². The number of carbonyl (C=O) groups excluding carboxylic acids is 3. The van der Waals surface area contributed by atoms with E-state index in [1.807, 2.05) is 30.3 Å². The molecule has 0 saturated carbocycles. The summed E-state index contributed by atoms with van der Waals surface area (Å²) >= 11 is 0. The standard InChI is InChI=1S/C26H35N3O5/c1-17(2)20-10-12-22(13-11-20)33-18(3)24(31)27-15-19-8-7-9-21(14-19)29-23(30)16-28-25(32)34-26(4,5)6/h7-14,17-18H,15-16H2,1-6H3,(H,27,31)(H,28,32)(H,29,30). The molecule has 0 spiro atoms. The minimum Gasteiger partial charge on any atom is -0.481 e. The van der Waals surface area contributed by atoms with Crippen molar-refractivity contribution in [3.8, 4) is 5.75 Å². The Hall–Kier alpha value is -3.55. The van der Waals surface area contributed by atoms with Gasteiger partial charge in [0.15, 0.2) is 6.10 Å². The lowest BCUT2D eigenvalue weighted by Crippen LogP contribution is -2.37. The number of carbonyl (C=O) groups is 3. The van der Waals surface area contributed by atoms with E-state index in [2.05, 4.69) is 29.8 Å². The Morgan fingerprint density at radius 3 is 2.24 bits per heavy atom. The number of hydrogen-bond acceptors (Lipinski definition) is 5. The molecule has 0 aliphatic heterocycles. The average Bonchev–Trinajstić information content (AvgIpc) is 2.75. The van der Waals surface area contributed by atoms with Gasteiger partial charge in [-0.15, -0.1) is 0 Å². The number of amides is 3. The highest BCUT2D eigenvalue weighted by molar-refractivity contribution is 5.93. The zero-order valence-corrected chi connectivity index (χ0v) is 20.7. The highest BCUT2D eigenvalue weighted by Gasteiger charge is 2.17.